The standard InChI is InChI=1S/C11H18O/c1-2-4-8(3-1)10-7-9-5-6-11(10)12-9/h8-11H,1-7H2. The van der Waals surface area contributed by atoms with Gasteiger partial charge in [0.1, 0.15) is 0 Å². The normalized spacial score (nSPS) is 47.5. The van der Waals surface area contributed by atoms with Gasteiger partial charge in [0.05, 0.1) is 12.2 Å². The van der Waals surface area contributed by atoms with Crippen molar-refractivity contribution in [3.8, 4) is 0 Å². The van der Waals surface area contributed by atoms with Gasteiger partial charge in [0, 0.05) is 0 Å². The van der Waals surface area contributed by atoms with Crippen LogP contribution in [-0.2, 0) is 4.74 Å². The van der Waals surface area contributed by atoms with Crippen molar-refractivity contribution in [2.24, 2.45) is 11.8 Å². The van der Waals surface area contributed by atoms with Gasteiger partial charge in [-0.25, -0.2) is 0 Å². The molecule has 3 unspecified atom stereocenters. The van der Waals surface area contributed by atoms with E-state index in [2.05, 4.69) is 0 Å². The summed E-state index contributed by atoms with van der Waals surface area (Å²) in [5.41, 5.74) is 0. The molecule has 2 heterocycles. The van der Waals surface area contributed by atoms with Crippen molar-refractivity contribution in [3.63, 3.8) is 0 Å². The number of hydrogen-bond acceptors (Lipinski definition) is 1. The lowest BCUT2D eigenvalue weighted by molar-refractivity contribution is 0.0822. The van der Waals surface area contributed by atoms with E-state index in [1.165, 1.54) is 44.9 Å². The van der Waals surface area contributed by atoms with Gasteiger partial charge in [-0.2, -0.15) is 0 Å². The third-order valence-corrected chi connectivity index (χ3v) is 4.16. The van der Waals surface area contributed by atoms with E-state index < -0.39 is 0 Å². The van der Waals surface area contributed by atoms with Crippen LogP contribution in [0, 0.1) is 11.8 Å². The van der Waals surface area contributed by atoms with Crippen molar-refractivity contribution in [3.05, 3.63) is 0 Å². The van der Waals surface area contributed by atoms with E-state index in [0.717, 1.165) is 11.8 Å². The summed E-state index contributed by atoms with van der Waals surface area (Å²) in [6.45, 7) is 0. The summed E-state index contributed by atoms with van der Waals surface area (Å²) < 4.78 is 5.90. The van der Waals surface area contributed by atoms with Crippen LogP contribution in [0.1, 0.15) is 44.9 Å². The number of fused-ring (bicyclic) bond motifs is 2. The second kappa shape index (κ2) is 2.73. The number of ether oxygens (including phenoxy) is 1. The van der Waals surface area contributed by atoms with Crippen LogP contribution in [-0.4, -0.2) is 12.2 Å². The lowest BCUT2D eigenvalue weighted by Crippen LogP contribution is -2.23. The van der Waals surface area contributed by atoms with Gasteiger partial charge in [-0.15, -0.1) is 0 Å². The van der Waals surface area contributed by atoms with Crippen molar-refractivity contribution in [2.45, 2.75) is 57.2 Å². The molecule has 1 nitrogen and oxygen atoms in total. The fourth-order valence-corrected chi connectivity index (χ4v) is 3.56. The zero-order valence-electron chi connectivity index (χ0n) is 7.67. The monoisotopic (exact) mass is 166 g/mol. The molecular formula is C11H18O. The minimum Gasteiger partial charge on any atom is -0.375 e. The topological polar surface area (TPSA) is 9.23 Å². The Kier molecular flexibility index (Phi) is 1.68. The van der Waals surface area contributed by atoms with Gasteiger partial charge in [-0.1, -0.05) is 25.7 Å². The highest BCUT2D eigenvalue weighted by atomic mass is 16.5. The van der Waals surface area contributed by atoms with Gasteiger partial charge in [0.2, 0.25) is 0 Å². The Hall–Kier alpha value is -0.0400. The fourth-order valence-electron chi connectivity index (χ4n) is 3.56. The van der Waals surface area contributed by atoms with Crippen LogP contribution in [0.3, 0.4) is 0 Å². The van der Waals surface area contributed by atoms with Crippen LogP contribution in [0.25, 0.3) is 0 Å². The SMILES string of the molecule is C1CCC(C2CC3CCC2O3)C1. The molecule has 2 saturated heterocycles. The van der Waals surface area contributed by atoms with Crippen LogP contribution in [0.5, 0.6) is 0 Å². The molecule has 3 fully saturated rings. The highest BCUT2D eigenvalue weighted by Gasteiger charge is 2.44. The van der Waals surface area contributed by atoms with Crippen LogP contribution < -0.4 is 0 Å². The molecule has 68 valence electrons. The smallest absolute Gasteiger partial charge is 0.0611 e. The minimum atomic E-state index is 0.667. The Labute approximate surface area is 74.5 Å². The Morgan fingerprint density at radius 1 is 0.917 bits per heavy atom. The summed E-state index contributed by atoms with van der Waals surface area (Å²) in [6.07, 6.45) is 11.4. The lowest BCUT2D eigenvalue weighted by Gasteiger charge is -2.24. The zero-order valence-corrected chi connectivity index (χ0v) is 7.67. The molecule has 3 rings (SSSR count). The maximum atomic E-state index is 5.90. The maximum absolute atomic E-state index is 5.90. The molecule has 0 aromatic rings. The molecule has 1 heteroatoms. The summed E-state index contributed by atoms with van der Waals surface area (Å²) in [5, 5.41) is 0. The molecule has 0 N–H and O–H groups in total. The second-order valence-corrected chi connectivity index (χ2v) is 4.82. The first-order chi connectivity index (χ1) is 5.93. The summed E-state index contributed by atoms with van der Waals surface area (Å²) in [7, 11) is 0. The molecular weight excluding hydrogens is 148 g/mol. The summed E-state index contributed by atoms with van der Waals surface area (Å²) >= 11 is 0. The summed E-state index contributed by atoms with van der Waals surface area (Å²) in [5.74, 6) is 2.01. The van der Waals surface area contributed by atoms with E-state index in [4.69, 9.17) is 4.74 Å². The van der Waals surface area contributed by atoms with E-state index >= 15 is 0 Å². The first-order valence-corrected chi connectivity index (χ1v) is 5.59. The van der Waals surface area contributed by atoms with E-state index in [0.29, 0.717) is 12.2 Å². The predicted molar refractivity (Wildman–Crippen MR) is 48.0 cm³/mol. The highest BCUT2D eigenvalue weighted by Crippen LogP contribution is 2.46. The first kappa shape index (κ1) is 7.37. The molecule has 12 heavy (non-hydrogen) atoms. The first-order valence-electron chi connectivity index (χ1n) is 5.59. The third-order valence-electron chi connectivity index (χ3n) is 4.16. The van der Waals surface area contributed by atoms with E-state index in [1.807, 2.05) is 0 Å². The Bertz CT molecular complexity index is 172. The van der Waals surface area contributed by atoms with Gasteiger partial charge >= 0.3 is 0 Å². The van der Waals surface area contributed by atoms with E-state index in [9.17, 15) is 0 Å². The average Bonchev–Trinajstić information content (AvgIpc) is 2.81. The molecule has 2 aliphatic heterocycles. The van der Waals surface area contributed by atoms with Crippen LogP contribution in [0.4, 0.5) is 0 Å². The lowest BCUT2D eigenvalue weighted by atomic mass is 9.79. The number of hydrogen-bond donors (Lipinski definition) is 0. The zero-order chi connectivity index (χ0) is 7.97. The van der Waals surface area contributed by atoms with Gasteiger partial charge in [-0.05, 0) is 31.1 Å². The third kappa shape index (κ3) is 1.02. The highest BCUT2D eigenvalue weighted by molar-refractivity contribution is 4.93. The second-order valence-electron chi connectivity index (χ2n) is 4.82. The van der Waals surface area contributed by atoms with Gasteiger partial charge < -0.3 is 4.74 Å². The quantitative estimate of drug-likeness (QED) is 0.582. The molecule has 0 aromatic heterocycles. The molecule has 2 bridgehead atoms. The molecule has 3 atom stereocenters. The summed E-state index contributed by atoms with van der Waals surface area (Å²) in [4.78, 5) is 0. The van der Waals surface area contributed by atoms with Crippen molar-refractivity contribution in [1.82, 2.24) is 0 Å². The molecule has 3 aliphatic rings. The van der Waals surface area contributed by atoms with Gasteiger partial charge in [0.15, 0.2) is 0 Å². The number of rotatable bonds is 1. The predicted octanol–water partition coefficient (Wildman–Crippen LogP) is 2.74. The minimum absolute atomic E-state index is 0.667. The molecule has 0 aromatic carbocycles. The molecule has 0 radical (unpaired) electrons. The van der Waals surface area contributed by atoms with Crippen molar-refractivity contribution >= 4 is 0 Å². The molecule has 1 aliphatic carbocycles. The van der Waals surface area contributed by atoms with Crippen LogP contribution in [0.15, 0.2) is 0 Å². The molecule has 0 amide bonds. The van der Waals surface area contributed by atoms with Gasteiger partial charge in [-0.3, -0.25) is 0 Å². The molecule has 1 saturated carbocycles. The summed E-state index contributed by atoms with van der Waals surface area (Å²) in [6, 6.07) is 0. The fraction of sp³-hybridized carbons (Fsp3) is 1.00. The van der Waals surface area contributed by atoms with E-state index in [1.54, 1.807) is 0 Å². The van der Waals surface area contributed by atoms with Crippen LogP contribution in [0.2, 0.25) is 0 Å². The average molecular weight is 166 g/mol. The van der Waals surface area contributed by atoms with E-state index in [-0.39, 0.29) is 0 Å². The van der Waals surface area contributed by atoms with Crippen molar-refractivity contribution in [1.29, 1.82) is 0 Å². The van der Waals surface area contributed by atoms with Crippen molar-refractivity contribution in [2.75, 3.05) is 0 Å². The van der Waals surface area contributed by atoms with Gasteiger partial charge in [0.25, 0.3) is 0 Å². The molecule has 0 spiro atoms. The Balaban J connectivity index is 1.69. The Morgan fingerprint density at radius 2 is 1.75 bits per heavy atom. The van der Waals surface area contributed by atoms with Crippen molar-refractivity contribution < 1.29 is 4.74 Å². The largest absolute Gasteiger partial charge is 0.375 e. The van der Waals surface area contributed by atoms with Crippen LogP contribution >= 0.6 is 0 Å². The Morgan fingerprint density at radius 3 is 2.33 bits per heavy atom. The maximum Gasteiger partial charge on any atom is 0.0611 e.